The molecule has 0 amide bonds. The molecule has 1 heterocycles. The molecule has 17 heavy (non-hydrogen) atoms. The highest BCUT2D eigenvalue weighted by Crippen LogP contribution is 2.52. The van der Waals surface area contributed by atoms with Gasteiger partial charge in [-0.05, 0) is 65.4 Å². The highest BCUT2D eigenvalue weighted by Gasteiger charge is 2.40. The third-order valence-corrected chi connectivity index (χ3v) is 7.50. The van der Waals surface area contributed by atoms with E-state index < -0.39 is 0 Å². The fourth-order valence-electron chi connectivity index (χ4n) is 3.56. The summed E-state index contributed by atoms with van der Waals surface area (Å²) in [5, 5.41) is 0.146. The molecule has 2 aliphatic carbocycles. The van der Waals surface area contributed by atoms with Crippen molar-refractivity contribution in [2.75, 3.05) is 0 Å². The van der Waals surface area contributed by atoms with Crippen LogP contribution in [0, 0.1) is 17.8 Å². The summed E-state index contributed by atoms with van der Waals surface area (Å²) in [6, 6.07) is 2.08. The first-order chi connectivity index (χ1) is 8.13. The maximum absolute atomic E-state index is 6.54. The van der Waals surface area contributed by atoms with Crippen molar-refractivity contribution < 1.29 is 0 Å². The molecule has 2 aliphatic rings. The Hall–Kier alpha value is 0.760. The van der Waals surface area contributed by atoms with Gasteiger partial charge in [0, 0.05) is 9.35 Å². The molecule has 0 aliphatic heterocycles. The minimum Gasteiger partial charge on any atom is -0.126 e. The number of hydrogen-bond donors (Lipinski definition) is 0. The quantitative estimate of drug-likeness (QED) is 0.561. The number of rotatable bonds is 3. The maximum Gasteiger partial charge on any atom is 0.107 e. The number of alkyl halides is 1. The van der Waals surface area contributed by atoms with E-state index in [0.717, 1.165) is 33.0 Å². The molecule has 2 fully saturated rings. The smallest absolute Gasteiger partial charge is 0.107 e. The van der Waals surface area contributed by atoms with Gasteiger partial charge >= 0.3 is 0 Å². The van der Waals surface area contributed by atoms with Crippen LogP contribution in [0.4, 0.5) is 0 Å². The molecule has 4 heteroatoms. The van der Waals surface area contributed by atoms with E-state index >= 15 is 0 Å². The Bertz CT molecular complexity index is 398. The lowest BCUT2D eigenvalue weighted by atomic mass is 9.85. The normalized spacial score (nSPS) is 33.2. The molecular formula is C13H15BrCl2S. The van der Waals surface area contributed by atoms with Gasteiger partial charge in [0.1, 0.15) is 4.34 Å². The van der Waals surface area contributed by atoms with Crippen LogP contribution in [0.5, 0.6) is 0 Å². The van der Waals surface area contributed by atoms with Crippen LogP contribution < -0.4 is 0 Å². The van der Waals surface area contributed by atoms with Crippen LogP contribution in [0.3, 0.4) is 0 Å². The Morgan fingerprint density at radius 3 is 2.76 bits per heavy atom. The van der Waals surface area contributed by atoms with Crippen molar-refractivity contribution in [3.63, 3.8) is 0 Å². The van der Waals surface area contributed by atoms with Crippen LogP contribution >= 0.6 is 50.5 Å². The molecule has 4 unspecified atom stereocenters. The van der Waals surface area contributed by atoms with Crippen molar-refractivity contribution in [3.8, 4) is 0 Å². The maximum atomic E-state index is 6.54. The Balaban J connectivity index is 1.65. The first kappa shape index (κ1) is 12.8. The molecule has 2 saturated carbocycles. The third kappa shape index (κ3) is 2.56. The van der Waals surface area contributed by atoms with Gasteiger partial charge in [0.2, 0.25) is 0 Å². The first-order valence-electron chi connectivity index (χ1n) is 6.22. The van der Waals surface area contributed by atoms with E-state index in [9.17, 15) is 0 Å². The van der Waals surface area contributed by atoms with E-state index in [4.69, 9.17) is 23.2 Å². The van der Waals surface area contributed by atoms with Crippen molar-refractivity contribution >= 4 is 50.5 Å². The van der Waals surface area contributed by atoms with E-state index in [1.54, 1.807) is 11.3 Å². The second-order valence-corrected chi connectivity index (χ2v) is 8.48. The van der Waals surface area contributed by atoms with Crippen LogP contribution in [0.2, 0.25) is 4.34 Å². The fourth-order valence-corrected chi connectivity index (χ4v) is 5.72. The van der Waals surface area contributed by atoms with Crippen LogP contribution in [-0.4, -0.2) is 0 Å². The largest absolute Gasteiger partial charge is 0.126 e. The predicted octanol–water partition coefficient (Wildman–Crippen LogP) is 6.27. The summed E-state index contributed by atoms with van der Waals surface area (Å²) < 4.78 is 1.80. The summed E-state index contributed by atoms with van der Waals surface area (Å²) in [7, 11) is 0. The van der Waals surface area contributed by atoms with E-state index in [1.165, 1.54) is 30.6 Å². The average molecular weight is 354 g/mol. The molecule has 94 valence electrons. The van der Waals surface area contributed by atoms with Gasteiger partial charge in [-0.2, -0.15) is 0 Å². The van der Waals surface area contributed by atoms with E-state index in [0.29, 0.717) is 0 Å². The van der Waals surface area contributed by atoms with Crippen molar-refractivity contribution in [1.82, 2.24) is 0 Å². The molecule has 0 spiro atoms. The Kier molecular flexibility index (Phi) is 3.78. The Labute approximate surface area is 125 Å². The highest BCUT2D eigenvalue weighted by molar-refractivity contribution is 9.10. The van der Waals surface area contributed by atoms with Crippen LogP contribution in [-0.2, 0) is 0 Å². The van der Waals surface area contributed by atoms with Crippen molar-refractivity contribution in [1.29, 1.82) is 0 Å². The summed E-state index contributed by atoms with van der Waals surface area (Å²) in [6.45, 7) is 0. The van der Waals surface area contributed by atoms with Gasteiger partial charge in [-0.15, -0.1) is 22.9 Å². The van der Waals surface area contributed by atoms with Gasteiger partial charge in [0.15, 0.2) is 0 Å². The Morgan fingerprint density at radius 2 is 2.24 bits per heavy atom. The van der Waals surface area contributed by atoms with Crippen molar-refractivity contribution in [2.45, 2.75) is 37.5 Å². The molecule has 1 aromatic rings. The van der Waals surface area contributed by atoms with Gasteiger partial charge in [0.25, 0.3) is 0 Å². The summed E-state index contributed by atoms with van der Waals surface area (Å²) >= 11 is 17.7. The molecule has 3 rings (SSSR count). The predicted molar refractivity (Wildman–Crippen MR) is 79.2 cm³/mol. The second-order valence-electron chi connectivity index (χ2n) is 5.41. The molecule has 4 atom stereocenters. The number of fused-ring (bicyclic) bond motifs is 2. The average Bonchev–Trinajstić information content (AvgIpc) is 2.95. The molecule has 2 bridgehead atoms. The van der Waals surface area contributed by atoms with Gasteiger partial charge in [-0.1, -0.05) is 18.0 Å². The van der Waals surface area contributed by atoms with Crippen LogP contribution in [0.15, 0.2) is 10.5 Å². The van der Waals surface area contributed by atoms with Gasteiger partial charge in [0.05, 0.1) is 5.38 Å². The fraction of sp³-hybridized carbons (Fsp3) is 0.692. The third-order valence-electron chi connectivity index (χ3n) is 4.37. The summed E-state index contributed by atoms with van der Waals surface area (Å²) in [6.07, 6.45) is 6.90. The van der Waals surface area contributed by atoms with E-state index in [2.05, 4.69) is 22.0 Å². The zero-order valence-electron chi connectivity index (χ0n) is 9.46. The van der Waals surface area contributed by atoms with Crippen LogP contribution in [0.25, 0.3) is 0 Å². The van der Waals surface area contributed by atoms with E-state index in [1.807, 2.05) is 0 Å². The highest BCUT2D eigenvalue weighted by atomic mass is 79.9. The Morgan fingerprint density at radius 1 is 1.41 bits per heavy atom. The topological polar surface area (TPSA) is 0 Å². The number of halogens is 3. The van der Waals surface area contributed by atoms with Crippen molar-refractivity contribution in [3.05, 3.63) is 19.8 Å². The molecule has 1 aromatic heterocycles. The lowest BCUT2D eigenvalue weighted by Gasteiger charge is -2.23. The molecule has 0 nitrogen and oxygen atoms in total. The number of hydrogen-bond acceptors (Lipinski definition) is 1. The van der Waals surface area contributed by atoms with Crippen LogP contribution in [0.1, 0.15) is 42.4 Å². The van der Waals surface area contributed by atoms with Gasteiger partial charge < -0.3 is 0 Å². The molecule has 0 saturated heterocycles. The molecule has 0 N–H and O–H groups in total. The summed E-state index contributed by atoms with van der Waals surface area (Å²) in [4.78, 5) is 1.21. The van der Waals surface area contributed by atoms with E-state index in [-0.39, 0.29) is 5.38 Å². The monoisotopic (exact) mass is 352 g/mol. The minimum atomic E-state index is 0.146. The SMILES string of the molecule is Clc1sc(C(Cl)CC2CC3CCC2C3)cc1Br. The minimum absolute atomic E-state index is 0.146. The summed E-state index contributed by atoms with van der Waals surface area (Å²) in [5.41, 5.74) is 0. The zero-order chi connectivity index (χ0) is 12.0. The van der Waals surface area contributed by atoms with Crippen molar-refractivity contribution in [2.24, 2.45) is 17.8 Å². The lowest BCUT2D eigenvalue weighted by Crippen LogP contribution is -2.12. The molecule has 0 aromatic carbocycles. The van der Waals surface area contributed by atoms with Gasteiger partial charge in [-0.25, -0.2) is 0 Å². The second kappa shape index (κ2) is 5.03. The lowest BCUT2D eigenvalue weighted by molar-refractivity contribution is 0.312. The summed E-state index contributed by atoms with van der Waals surface area (Å²) in [5.74, 6) is 2.82. The van der Waals surface area contributed by atoms with Gasteiger partial charge in [-0.3, -0.25) is 0 Å². The molecular weight excluding hydrogens is 339 g/mol. The zero-order valence-corrected chi connectivity index (χ0v) is 13.4. The number of thiophene rings is 1. The molecule has 0 radical (unpaired) electrons. The standard InChI is InChI=1S/C13H15BrCl2S/c14-10-6-12(17-13(10)16)11(15)5-9-4-7-1-2-8(9)3-7/h6-9,11H,1-5H2. The first-order valence-corrected chi connectivity index (χ1v) is 8.64.